The fourth-order valence-corrected chi connectivity index (χ4v) is 8.47. The molecule has 3 rings (SSSR count). The second-order valence-electron chi connectivity index (χ2n) is 13.2. The maximum atomic E-state index is 2.73. The first-order valence-electron chi connectivity index (χ1n) is 13.6. The lowest BCUT2D eigenvalue weighted by atomic mass is 9.39. The summed E-state index contributed by atoms with van der Waals surface area (Å²) in [7, 11) is 0. The molecule has 3 saturated carbocycles. The molecule has 29 heavy (non-hydrogen) atoms. The molecule has 0 heteroatoms. The standard InChI is InChI=1S/C29H54/c1-22(2)12-10-13-23(3)14-11-19-28(6)24(4)15-16-26-25(28)17-21-27(5)18-8-9-20-29(26,27)7/h22-26H,8-21H2,1-7H3/t23-,24+,25+,26-,27-,28-,29+/m0/s1. The number of hydrogen-bond donors (Lipinski definition) is 0. The molecule has 3 aliphatic rings. The Morgan fingerprint density at radius 2 is 1.45 bits per heavy atom. The highest BCUT2D eigenvalue weighted by atomic mass is 14.6. The zero-order chi connectivity index (χ0) is 21.3. The first-order chi connectivity index (χ1) is 13.6. The van der Waals surface area contributed by atoms with Crippen molar-refractivity contribution < 1.29 is 0 Å². The Balaban J connectivity index is 1.62. The Morgan fingerprint density at radius 3 is 2.17 bits per heavy atom. The molecular weight excluding hydrogens is 348 g/mol. The molecule has 0 nitrogen and oxygen atoms in total. The fourth-order valence-electron chi connectivity index (χ4n) is 8.47. The zero-order valence-electron chi connectivity index (χ0n) is 21.3. The van der Waals surface area contributed by atoms with E-state index in [1.54, 1.807) is 0 Å². The largest absolute Gasteiger partial charge is 0.0628 e. The molecule has 0 bridgehead atoms. The Labute approximate surface area is 184 Å². The van der Waals surface area contributed by atoms with Crippen molar-refractivity contribution in [2.45, 2.75) is 138 Å². The van der Waals surface area contributed by atoms with Crippen LogP contribution >= 0.6 is 0 Å². The molecule has 0 spiro atoms. The quantitative estimate of drug-likeness (QED) is 0.379. The summed E-state index contributed by atoms with van der Waals surface area (Å²) >= 11 is 0. The van der Waals surface area contributed by atoms with E-state index in [0.29, 0.717) is 16.2 Å². The van der Waals surface area contributed by atoms with Crippen molar-refractivity contribution in [3.8, 4) is 0 Å². The lowest BCUT2D eigenvalue weighted by Crippen LogP contribution is -2.57. The van der Waals surface area contributed by atoms with Crippen LogP contribution in [0, 0.1) is 45.8 Å². The second-order valence-corrected chi connectivity index (χ2v) is 13.2. The van der Waals surface area contributed by atoms with Crippen LogP contribution in [0.3, 0.4) is 0 Å². The summed E-state index contributed by atoms with van der Waals surface area (Å²) in [6.07, 6.45) is 20.8. The van der Waals surface area contributed by atoms with Crippen molar-refractivity contribution in [3.63, 3.8) is 0 Å². The lowest BCUT2D eigenvalue weighted by Gasteiger charge is -2.66. The lowest BCUT2D eigenvalue weighted by molar-refractivity contribution is -0.164. The molecule has 0 aromatic carbocycles. The Hall–Kier alpha value is 0. The van der Waals surface area contributed by atoms with Gasteiger partial charge >= 0.3 is 0 Å². The van der Waals surface area contributed by atoms with Crippen LogP contribution in [-0.4, -0.2) is 0 Å². The average Bonchev–Trinajstić information content (AvgIpc) is 2.65. The second kappa shape index (κ2) is 9.24. The van der Waals surface area contributed by atoms with Crippen LogP contribution in [0.2, 0.25) is 0 Å². The van der Waals surface area contributed by atoms with E-state index < -0.39 is 0 Å². The molecule has 3 fully saturated rings. The highest BCUT2D eigenvalue weighted by Crippen LogP contribution is 2.69. The Kier molecular flexibility index (Phi) is 7.54. The molecule has 0 radical (unpaired) electrons. The minimum absolute atomic E-state index is 0.600. The minimum Gasteiger partial charge on any atom is -0.0628 e. The molecule has 3 aliphatic carbocycles. The summed E-state index contributed by atoms with van der Waals surface area (Å²) < 4.78 is 0. The van der Waals surface area contributed by atoms with Crippen molar-refractivity contribution in [3.05, 3.63) is 0 Å². The summed E-state index contributed by atoms with van der Waals surface area (Å²) in [6.45, 7) is 18.0. The first kappa shape index (κ1) is 23.7. The molecule has 0 aromatic rings. The van der Waals surface area contributed by atoms with Crippen LogP contribution < -0.4 is 0 Å². The van der Waals surface area contributed by atoms with E-state index in [1.807, 2.05) is 0 Å². The van der Waals surface area contributed by atoms with Crippen molar-refractivity contribution >= 4 is 0 Å². The van der Waals surface area contributed by atoms with Crippen LogP contribution in [0.15, 0.2) is 0 Å². The van der Waals surface area contributed by atoms with Gasteiger partial charge in [0.05, 0.1) is 0 Å². The summed E-state index contributed by atoms with van der Waals surface area (Å²) in [5, 5.41) is 0. The molecule has 0 heterocycles. The van der Waals surface area contributed by atoms with Crippen molar-refractivity contribution in [1.29, 1.82) is 0 Å². The van der Waals surface area contributed by atoms with Gasteiger partial charge in [0.15, 0.2) is 0 Å². The van der Waals surface area contributed by atoms with Crippen LogP contribution in [-0.2, 0) is 0 Å². The maximum absolute atomic E-state index is 2.73. The molecule has 170 valence electrons. The van der Waals surface area contributed by atoms with Gasteiger partial charge in [-0.2, -0.15) is 0 Å². The third kappa shape index (κ3) is 4.62. The van der Waals surface area contributed by atoms with E-state index in [0.717, 1.165) is 29.6 Å². The van der Waals surface area contributed by atoms with Gasteiger partial charge in [-0.1, -0.05) is 93.4 Å². The van der Waals surface area contributed by atoms with Gasteiger partial charge in [0.1, 0.15) is 0 Å². The smallest absolute Gasteiger partial charge is 0.0241 e. The van der Waals surface area contributed by atoms with Crippen LogP contribution in [0.1, 0.15) is 138 Å². The zero-order valence-corrected chi connectivity index (χ0v) is 21.3. The number of hydrogen-bond acceptors (Lipinski definition) is 0. The molecule has 0 N–H and O–H groups in total. The Morgan fingerprint density at radius 1 is 0.759 bits per heavy atom. The van der Waals surface area contributed by atoms with E-state index >= 15 is 0 Å². The number of fused-ring (bicyclic) bond motifs is 3. The summed E-state index contributed by atoms with van der Waals surface area (Å²) in [5.74, 6) is 4.73. The van der Waals surface area contributed by atoms with Crippen molar-refractivity contribution in [1.82, 2.24) is 0 Å². The third-order valence-corrected chi connectivity index (χ3v) is 11.1. The predicted octanol–water partition coefficient (Wildman–Crippen LogP) is 9.67. The number of rotatable bonds is 8. The van der Waals surface area contributed by atoms with E-state index in [9.17, 15) is 0 Å². The first-order valence-corrected chi connectivity index (χ1v) is 13.6. The van der Waals surface area contributed by atoms with Gasteiger partial charge in [-0.05, 0) is 90.8 Å². The van der Waals surface area contributed by atoms with Gasteiger partial charge in [0.25, 0.3) is 0 Å². The molecule has 0 aromatic heterocycles. The fraction of sp³-hybridized carbons (Fsp3) is 1.00. The maximum Gasteiger partial charge on any atom is -0.0241 e. The van der Waals surface area contributed by atoms with Crippen LogP contribution in [0.4, 0.5) is 0 Å². The highest BCUT2D eigenvalue weighted by Gasteiger charge is 2.60. The summed E-state index contributed by atoms with van der Waals surface area (Å²) in [5.41, 5.74) is 1.86. The predicted molar refractivity (Wildman–Crippen MR) is 129 cm³/mol. The van der Waals surface area contributed by atoms with E-state index in [1.165, 1.54) is 89.9 Å². The Bertz CT molecular complexity index is 520. The normalized spacial score (nSPS) is 43.7. The van der Waals surface area contributed by atoms with Crippen molar-refractivity contribution in [2.75, 3.05) is 0 Å². The molecular formula is C29H54. The molecule has 0 amide bonds. The van der Waals surface area contributed by atoms with Crippen molar-refractivity contribution in [2.24, 2.45) is 45.8 Å². The SMILES string of the molecule is CC(C)CCC[C@H](C)CCC[C@@]1(C)[C@H](C)CC[C@H]2[C@H]1CC[C@]1(C)CCCC[C@]21C. The summed E-state index contributed by atoms with van der Waals surface area (Å²) in [4.78, 5) is 0. The average molecular weight is 403 g/mol. The summed E-state index contributed by atoms with van der Waals surface area (Å²) in [6, 6.07) is 0. The van der Waals surface area contributed by atoms with Gasteiger partial charge in [0.2, 0.25) is 0 Å². The molecule has 0 unspecified atom stereocenters. The van der Waals surface area contributed by atoms with E-state index in [4.69, 9.17) is 0 Å². The van der Waals surface area contributed by atoms with Crippen LogP contribution in [0.5, 0.6) is 0 Å². The van der Waals surface area contributed by atoms with Gasteiger partial charge in [-0.3, -0.25) is 0 Å². The topological polar surface area (TPSA) is 0 Å². The third-order valence-electron chi connectivity index (χ3n) is 11.1. The van der Waals surface area contributed by atoms with Gasteiger partial charge in [-0.15, -0.1) is 0 Å². The van der Waals surface area contributed by atoms with Gasteiger partial charge < -0.3 is 0 Å². The van der Waals surface area contributed by atoms with Gasteiger partial charge in [0, 0.05) is 0 Å². The van der Waals surface area contributed by atoms with E-state index in [2.05, 4.69) is 48.5 Å². The highest BCUT2D eigenvalue weighted by molar-refractivity contribution is 5.09. The van der Waals surface area contributed by atoms with Gasteiger partial charge in [-0.25, -0.2) is 0 Å². The molecule has 0 saturated heterocycles. The minimum atomic E-state index is 0.600. The van der Waals surface area contributed by atoms with E-state index in [-0.39, 0.29) is 0 Å². The molecule has 0 aliphatic heterocycles. The van der Waals surface area contributed by atoms with Crippen LogP contribution in [0.25, 0.3) is 0 Å². The monoisotopic (exact) mass is 402 g/mol. The molecule has 7 atom stereocenters.